The number of aryl methyl sites for hydroxylation is 2. The first-order valence-corrected chi connectivity index (χ1v) is 7.97. The topological polar surface area (TPSA) is 77.2 Å². The van der Waals surface area contributed by atoms with Gasteiger partial charge in [0.2, 0.25) is 12.3 Å². The molecule has 0 fully saturated rings. The number of amides is 1. The summed E-state index contributed by atoms with van der Waals surface area (Å²) >= 11 is 6.19. The van der Waals surface area contributed by atoms with Gasteiger partial charge in [-0.1, -0.05) is 17.7 Å². The Balaban J connectivity index is 1.59. The highest BCUT2D eigenvalue weighted by molar-refractivity contribution is 6.34. The number of aromatic nitrogens is 2. The number of halogens is 1. The summed E-state index contributed by atoms with van der Waals surface area (Å²) in [5.41, 5.74) is 3.32. The minimum Gasteiger partial charge on any atom is -0.484 e. The first kappa shape index (κ1) is 17.0. The summed E-state index contributed by atoms with van der Waals surface area (Å²) < 4.78 is 10.6. The van der Waals surface area contributed by atoms with Crippen LogP contribution in [0.3, 0.4) is 0 Å². The SMILES string of the molecule is Cc1cc(C)c(NC(=O)COc2ccc(-c3nnco3)cc2)c(Cl)c1. The van der Waals surface area contributed by atoms with Gasteiger partial charge in [-0.3, -0.25) is 4.79 Å². The molecular weight excluding hydrogens is 342 g/mol. The van der Waals surface area contributed by atoms with E-state index in [1.165, 1.54) is 6.39 Å². The lowest BCUT2D eigenvalue weighted by molar-refractivity contribution is -0.118. The Morgan fingerprint density at radius 1 is 1.24 bits per heavy atom. The Bertz CT molecular complexity index is 854. The molecule has 7 heteroatoms. The Morgan fingerprint density at radius 2 is 2.00 bits per heavy atom. The number of nitrogens with zero attached hydrogens (tertiary/aromatic N) is 2. The maximum absolute atomic E-state index is 12.1. The molecule has 0 atom stereocenters. The molecule has 0 aliphatic carbocycles. The van der Waals surface area contributed by atoms with Crippen LogP contribution in [0.15, 0.2) is 47.2 Å². The minimum atomic E-state index is -0.283. The Labute approximate surface area is 149 Å². The van der Waals surface area contributed by atoms with E-state index >= 15 is 0 Å². The van der Waals surface area contributed by atoms with Crippen LogP contribution in [-0.4, -0.2) is 22.7 Å². The molecule has 1 N–H and O–H groups in total. The van der Waals surface area contributed by atoms with Gasteiger partial charge in [0.05, 0.1) is 10.7 Å². The van der Waals surface area contributed by atoms with E-state index in [9.17, 15) is 4.79 Å². The summed E-state index contributed by atoms with van der Waals surface area (Å²) in [5, 5.41) is 10.7. The van der Waals surface area contributed by atoms with Crippen LogP contribution in [0.25, 0.3) is 11.5 Å². The smallest absolute Gasteiger partial charge is 0.262 e. The molecule has 3 aromatic rings. The fourth-order valence-electron chi connectivity index (χ4n) is 2.39. The van der Waals surface area contributed by atoms with Crippen molar-refractivity contribution in [1.82, 2.24) is 10.2 Å². The van der Waals surface area contributed by atoms with E-state index in [0.29, 0.717) is 22.4 Å². The quantitative estimate of drug-likeness (QED) is 0.746. The van der Waals surface area contributed by atoms with Gasteiger partial charge in [-0.2, -0.15) is 0 Å². The maximum atomic E-state index is 12.1. The van der Waals surface area contributed by atoms with Crippen molar-refractivity contribution in [3.05, 3.63) is 58.9 Å². The number of ether oxygens (including phenoxy) is 1. The highest BCUT2D eigenvalue weighted by Crippen LogP contribution is 2.27. The lowest BCUT2D eigenvalue weighted by Crippen LogP contribution is -2.21. The van der Waals surface area contributed by atoms with Crippen LogP contribution < -0.4 is 10.1 Å². The number of hydrogen-bond donors (Lipinski definition) is 1. The van der Waals surface area contributed by atoms with Gasteiger partial charge in [-0.05, 0) is 55.3 Å². The summed E-state index contributed by atoms with van der Waals surface area (Å²) in [6.45, 7) is 3.72. The van der Waals surface area contributed by atoms with Crippen LogP contribution in [0.5, 0.6) is 5.75 Å². The van der Waals surface area contributed by atoms with Crippen LogP contribution >= 0.6 is 11.6 Å². The highest BCUT2D eigenvalue weighted by Gasteiger charge is 2.10. The molecule has 128 valence electrons. The molecule has 0 saturated carbocycles. The van der Waals surface area contributed by atoms with Gasteiger partial charge < -0.3 is 14.5 Å². The van der Waals surface area contributed by atoms with E-state index in [1.54, 1.807) is 30.3 Å². The molecule has 0 saturated heterocycles. The van der Waals surface area contributed by atoms with Crippen LogP contribution in [-0.2, 0) is 4.79 Å². The molecule has 25 heavy (non-hydrogen) atoms. The van der Waals surface area contributed by atoms with Crippen LogP contribution in [0.2, 0.25) is 5.02 Å². The van der Waals surface area contributed by atoms with Crippen LogP contribution in [0.1, 0.15) is 11.1 Å². The Kier molecular flexibility index (Phi) is 5.00. The molecule has 1 amide bonds. The zero-order valence-corrected chi connectivity index (χ0v) is 14.5. The number of anilines is 1. The van der Waals surface area contributed by atoms with Crippen LogP contribution in [0, 0.1) is 13.8 Å². The summed E-state index contributed by atoms with van der Waals surface area (Å²) in [6.07, 6.45) is 1.27. The number of carbonyl (C=O) groups is 1. The van der Waals surface area contributed by atoms with Crippen LogP contribution in [0.4, 0.5) is 5.69 Å². The van der Waals surface area contributed by atoms with Crippen molar-refractivity contribution >= 4 is 23.2 Å². The molecule has 0 spiro atoms. The zero-order valence-electron chi connectivity index (χ0n) is 13.7. The summed E-state index contributed by atoms with van der Waals surface area (Å²) in [5.74, 6) is 0.703. The number of carbonyl (C=O) groups excluding carboxylic acids is 1. The van der Waals surface area contributed by atoms with Gasteiger partial charge in [0.1, 0.15) is 5.75 Å². The molecule has 6 nitrogen and oxygen atoms in total. The van der Waals surface area contributed by atoms with Gasteiger partial charge in [-0.15, -0.1) is 10.2 Å². The van der Waals surface area contributed by atoms with Crippen molar-refractivity contribution in [3.63, 3.8) is 0 Å². The second-order valence-corrected chi connectivity index (χ2v) is 5.95. The number of hydrogen-bond acceptors (Lipinski definition) is 5. The lowest BCUT2D eigenvalue weighted by atomic mass is 10.1. The fourth-order valence-corrected chi connectivity index (χ4v) is 2.76. The molecule has 1 aromatic heterocycles. The van der Waals surface area contributed by atoms with Crippen molar-refractivity contribution in [1.29, 1.82) is 0 Å². The average molecular weight is 358 g/mol. The van der Waals surface area contributed by atoms with Crippen molar-refractivity contribution in [3.8, 4) is 17.2 Å². The first-order chi connectivity index (χ1) is 12.0. The van der Waals surface area contributed by atoms with Gasteiger partial charge in [0.25, 0.3) is 5.91 Å². The number of nitrogens with one attached hydrogen (secondary N) is 1. The molecule has 2 aromatic carbocycles. The molecule has 1 heterocycles. The van der Waals surface area contributed by atoms with Crippen molar-refractivity contribution in [2.75, 3.05) is 11.9 Å². The van der Waals surface area contributed by atoms with Crippen molar-refractivity contribution in [2.24, 2.45) is 0 Å². The summed E-state index contributed by atoms with van der Waals surface area (Å²) in [7, 11) is 0. The summed E-state index contributed by atoms with van der Waals surface area (Å²) in [6, 6.07) is 10.8. The highest BCUT2D eigenvalue weighted by atomic mass is 35.5. The predicted octanol–water partition coefficient (Wildman–Crippen LogP) is 4.02. The monoisotopic (exact) mass is 357 g/mol. The number of benzene rings is 2. The maximum Gasteiger partial charge on any atom is 0.262 e. The van der Waals surface area contributed by atoms with Crippen molar-refractivity contribution in [2.45, 2.75) is 13.8 Å². The van der Waals surface area contributed by atoms with Gasteiger partial charge in [-0.25, -0.2) is 0 Å². The molecule has 0 aliphatic rings. The van der Waals surface area contributed by atoms with E-state index in [2.05, 4.69) is 15.5 Å². The zero-order chi connectivity index (χ0) is 17.8. The van der Waals surface area contributed by atoms with Gasteiger partial charge >= 0.3 is 0 Å². The van der Waals surface area contributed by atoms with E-state index in [1.807, 2.05) is 19.9 Å². The van der Waals surface area contributed by atoms with Crippen molar-refractivity contribution < 1.29 is 13.9 Å². The third-order valence-corrected chi connectivity index (χ3v) is 3.83. The molecule has 0 unspecified atom stereocenters. The standard InChI is InChI=1S/C18H16ClN3O3/c1-11-7-12(2)17(15(19)8-11)21-16(23)9-24-14-5-3-13(4-6-14)18-22-20-10-25-18/h3-8,10H,9H2,1-2H3,(H,21,23). The molecular formula is C18H16ClN3O3. The van der Waals surface area contributed by atoms with E-state index in [0.717, 1.165) is 16.7 Å². The third-order valence-electron chi connectivity index (χ3n) is 3.53. The largest absolute Gasteiger partial charge is 0.484 e. The normalized spacial score (nSPS) is 10.5. The second-order valence-electron chi connectivity index (χ2n) is 5.54. The molecule has 0 radical (unpaired) electrons. The van der Waals surface area contributed by atoms with Gasteiger partial charge in [0.15, 0.2) is 6.61 Å². The second kappa shape index (κ2) is 7.36. The molecule has 0 bridgehead atoms. The molecule has 3 rings (SSSR count). The minimum absolute atomic E-state index is 0.121. The average Bonchev–Trinajstić information content (AvgIpc) is 3.11. The van der Waals surface area contributed by atoms with Gasteiger partial charge in [0, 0.05) is 5.56 Å². The Hall–Kier alpha value is -2.86. The molecule has 0 aliphatic heterocycles. The third kappa shape index (κ3) is 4.16. The Morgan fingerprint density at radius 3 is 2.64 bits per heavy atom. The predicted molar refractivity (Wildman–Crippen MR) is 94.8 cm³/mol. The van der Waals surface area contributed by atoms with E-state index < -0.39 is 0 Å². The fraction of sp³-hybridized carbons (Fsp3) is 0.167. The summed E-state index contributed by atoms with van der Waals surface area (Å²) in [4.78, 5) is 12.1. The number of rotatable bonds is 5. The lowest BCUT2D eigenvalue weighted by Gasteiger charge is -2.12. The first-order valence-electron chi connectivity index (χ1n) is 7.59. The van der Waals surface area contributed by atoms with E-state index in [-0.39, 0.29) is 12.5 Å². The van der Waals surface area contributed by atoms with E-state index in [4.69, 9.17) is 20.8 Å².